The van der Waals surface area contributed by atoms with Crippen LogP contribution in [-0.2, 0) is 8.85 Å². The molecular weight excluding hydrogens is 270 g/mol. The van der Waals surface area contributed by atoms with Crippen molar-refractivity contribution in [3.63, 3.8) is 0 Å². The van der Waals surface area contributed by atoms with Gasteiger partial charge in [0.05, 0.1) is 6.10 Å². The van der Waals surface area contributed by atoms with E-state index < -0.39 is 16.6 Å². The van der Waals surface area contributed by atoms with Crippen LogP contribution in [0.1, 0.15) is 27.7 Å². The maximum atomic E-state index is 6.49. The highest BCUT2D eigenvalue weighted by Crippen LogP contribution is 2.39. The van der Waals surface area contributed by atoms with Gasteiger partial charge in [-0.1, -0.05) is 20.8 Å². The summed E-state index contributed by atoms with van der Waals surface area (Å²) in [6, 6.07) is 0. The first-order chi connectivity index (χ1) is 8.33. The van der Waals surface area contributed by atoms with Crippen molar-refractivity contribution in [2.24, 2.45) is 5.92 Å². The Kier molecular flexibility index (Phi) is 5.12. The Balaban J connectivity index is 2.58. The fourth-order valence-corrected chi connectivity index (χ4v) is 4.48. The van der Waals surface area contributed by atoms with Gasteiger partial charge in [-0.25, -0.2) is 0 Å². The first-order valence-corrected chi connectivity index (χ1v) is 13.7. The summed E-state index contributed by atoms with van der Waals surface area (Å²) in [4.78, 5) is 0. The molecule has 114 valence electrons. The van der Waals surface area contributed by atoms with Crippen LogP contribution in [0.15, 0.2) is 0 Å². The standard InChI is InChI=1S/C14H33NO2Si2/c1-11(16-19(8,9)14(2,3)4)12-10-15-13(12)17-18(5,6)7/h11-13,15H,10H2,1-9H3/t11-,12-,13-/m1/s1. The highest BCUT2D eigenvalue weighted by Gasteiger charge is 2.44. The van der Waals surface area contributed by atoms with E-state index in [1.54, 1.807) is 0 Å². The van der Waals surface area contributed by atoms with Crippen LogP contribution >= 0.6 is 0 Å². The summed E-state index contributed by atoms with van der Waals surface area (Å²) in [6.45, 7) is 21.5. The van der Waals surface area contributed by atoms with E-state index in [2.05, 4.69) is 65.7 Å². The predicted octanol–water partition coefficient (Wildman–Crippen LogP) is 3.79. The van der Waals surface area contributed by atoms with E-state index in [0.29, 0.717) is 5.92 Å². The van der Waals surface area contributed by atoms with E-state index in [0.717, 1.165) is 6.54 Å². The number of hydrogen-bond acceptors (Lipinski definition) is 3. The molecule has 3 nitrogen and oxygen atoms in total. The van der Waals surface area contributed by atoms with E-state index in [1.165, 1.54) is 0 Å². The summed E-state index contributed by atoms with van der Waals surface area (Å²) >= 11 is 0. The number of nitrogens with one attached hydrogen (secondary N) is 1. The minimum absolute atomic E-state index is 0.200. The highest BCUT2D eigenvalue weighted by atomic mass is 28.4. The predicted molar refractivity (Wildman–Crippen MR) is 87.5 cm³/mol. The lowest BCUT2D eigenvalue weighted by Crippen LogP contribution is -2.62. The molecule has 0 aromatic carbocycles. The molecule has 1 fully saturated rings. The SMILES string of the molecule is C[C@@H](O[Si](C)(C)C(C)(C)C)[C@H]1CN[C@@H]1O[Si](C)(C)C. The summed E-state index contributed by atoms with van der Waals surface area (Å²) < 4.78 is 12.7. The van der Waals surface area contributed by atoms with E-state index in [9.17, 15) is 0 Å². The maximum Gasteiger partial charge on any atom is 0.192 e. The van der Waals surface area contributed by atoms with Crippen LogP contribution in [0.2, 0.25) is 37.8 Å². The molecule has 0 saturated carbocycles. The summed E-state index contributed by atoms with van der Waals surface area (Å²) in [5.41, 5.74) is 0. The molecule has 1 aliphatic rings. The molecule has 5 heteroatoms. The average molecular weight is 304 g/mol. The lowest BCUT2D eigenvalue weighted by atomic mass is 9.95. The summed E-state index contributed by atoms with van der Waals surface area (Å²) in [6.07, 6.45) is 0.481. The Hall–Kier alpha value is 0.314. The van der Waals surface area contributed by atoms with E-state index in [1.807, 2.05) is 0 Å². The number of hydrogen-bond donors (Lipinski definition) is 1. The first-order valence-electron chi connectivity index (χ1n) is 7.42. The smallest absolute Gasteiger partial charge is 0.192 e. The van der Waals surface area contributed by atoms with Crippen molar-refractivity contribution < 1.29 is 8.85 Å². The molecule has 19 heavy (non-hydrogen) atoms. The first kappa shape index (κ1) is 17.4. The third-order valence-electron chi connectivity index (χ3n) is 4.31. The van der Waals surface area contributed by atoms with Gasteiger partial charge in [-0.15, -0.1) is 0 Å². The van der Waals surface area contributed by atoms with Crippen LogP contribution < -0.4 is 5.32 Å². The zero-order valence-corrected chi connectivity index (χ0v) is 16.3. The Morgan fingerprint density at radius 2 is 1.63 bits per heavy atom. The fraction of sp³-hybridized carbons (Fsp3) is 1.00. The maximum absolute atomic E-state index is 6.49. The lowest BCUT2D eigenvalue weighted by Gasteiger charge is -2.47. The molecule has 1 saturated heterocycles. The molecule has 0 aliphatic carbocycles. The monoisotopic (exact) mass is 303 g/mol. The summed E-state index contributed by atoms with van der Waals surface area (Å²) in [5, 5.41) is 3.68. The van der Waals surface area contributed by atoms with E-state index in [-0.39, 0.29) is 17.4 Å². The van der Waals surface area contributed by atoms with E-state index >= 15 is 0 Å². The summed E-state index contributed by atoms with van der Waals surface area (Å²) in [7, 11) is -3.15. The largest absolute Gasteiger partial charge is 0.414 e. The third-order valence-corrected chi connectivity index (χ3v) is 9.85. The molecule has 1 rings (SSSR count). The van der Waals surface area contributed by atoms with Gasteiger partial charge >= 0.3 is 0 Å². The second kappa shape index (κ2) is 5.60. The minimum Gasteiger partial charge on any atom is -0.414 e. The second-order valence-corrected chi connectivity index (χ2v) is 17.5. The van der Waals surface area contributed by atoms with E-state index in [4.69, 9.17) is 8.85 Å². The van der Waals surface area contributed by atoms with Crippen molar-refractivity contribution in [2.45, 2.75) is 77.8 Å². The molecule has 0 spiro atoms. The average Bonchev–Trinajstić information content (AvgIpc) is 2.08. The van der Waals surface area contributed by atoms with Crippen molar-refractivity contribution in [3.8, 4) is 0 Å². The Morgan fingerprint density at radius 3 is 1.95 bits per heavy atom. The minimum atomic E-state index is -1.67. The van der Waals surface area contributed by atoms with Crippen LogP contribution in [0.5, 0.6) is 0 Å². The van der Waals surface area contributed by atoms with Crippen LogP contribution in [0, 0.1) is 5.92 Å². The summed E-state index contributed by atoms with van der Waals surface area (Å²) in [5.74, 6) is 0.501. The van der Waals surface area contributed by atoms with Crippen molar-refractivity contribution in [3.05, 3.63) is 0 Å². The fourth-order valence-electron chi connectivity index (χ4n) is 2.00. The molecular formula is C14H33NO2Si2. The number of rotatable bonds is 5. The Morgan fingerprint density at radius 1 is 1.11 bits per heavy atom. The molecule has 0 bridgehead atoms. The molecule has 0 radical (unpaired) electrons. The van der Waals surface area contributed by atoms with Gasteiger partial charge in [0.1, 0.15) is 6.23 Å². The molecule has 0 unspecified atom stereocenters. The van der Waals surface area contributed by atoms with Gasteiger partial charge in [-0.3, -0.25) is 5.32 Å². The second-order valence-electron chi connectivity index (χ2n) is 8.31. The highest BCUT2D eigenvalue weighted by molar-refractivity contribution is 6.74. The van der Waals surface area contributed by atoms with Gasteiger partial charge in [-0.05, 0) is 44.7 Å². The molecule has 1 heterocycles. The van der Waals surface area contributed by atoms with Crippen LogP contribution in [0.25, 0.3) is 0 Å². The van der Waals surface area contributed by atoms with Crippen molar-refractivity contribution in [1.29, 1.82) is 0 Å². The van der Waals surface area contributed by atoms with Crippen molar-refractivity contribution >= 4 is 16.6 Å². The van der Waals surface area contributed by atoms with Gasteiger partial charge in [0, 0.05) is 12.5 Å². The van der Waals surface area contributed by atoms with Gasteiger partial charge in [0.25, 0.3) is 0 Å². The van der Waals surface area contributed by atoms with Gasteiger partial charge < -0.3 is 8.85 Å². The van der Waals surface area contributed by atoms with Crippen molar-refractivity contribution in [1.82, 2.24) is 5.32 Å². The molecule has 0 aromatic rings. The Bertz CT molecular complexity index is 308. The third kappa shape index (κ3) is 4.67. The lowest BCUT2D eigenvalue weighted by molar-refractivity contribution is -0.0381. The zero-order valence-electron chi connectivity index (χ0n) is 14.3. The topological polar surface area (TPSA) is 30.5 Å². The molecule has 0 aromatic heterocycles. The Labute approximate surface area is 121 Å². The molecule has 0 amide bonds. The zero-order chi connectivity index (χ0) is 15.1. The van der Waals surface area contributed by atoms with Crippen molar-refractivity contribution in [2.75, 3.05) is 6.54 Å². The quantitative estimate of drug-likeness (QED) is 0.784. The van der Waals surface area contributed by atoms with Crippen LogP contribution in [0.4, 0.5) is 0 Å². The van der Waals surface area contributed by atoms with Gasteiger partial charge in [0.2, 0.25) is 0 Å². The normalized spacial score (nSPS) is 27.0. The van der Waals surface area contributed by atoms with Crippen LogP contribution in [-0.4, -0.2) is 35.5 Å². The van der Waals surface area contributed by atoms with Crippen LogP contribution in [0.3, 0.4) is 0 Å². The molecule has 3 atom stereocenters. The van der Waals surface area contributed by atoms with Gasteiger partial charge in [0.15, 0.2) is 16.6 Å². The molecule has 1 N–H and O–H groups in total. The molecule has 1 aliphatic heterocycles. The van der Waals surface area contributed by atoms with Gasteiger partial charge in [-0.2, -0.15) is 0 Å².